The van der Waals surface area contributed by atoms with Crippen LogP contribution in [-0.4, -0.2) is 24.7 Å². The summed E-state index contributed by atoms with van der Waals surface area (Å²) in [5.74, 6) is 0. The standard InChI is InChI=1S/C12H12N2O4S2/c1-13(9-10-5-4-8-19-10)20(17,18)12-7-3-2-6-11(12)14(15)16/h2-8H,9H2,1H3. The summed E-state index contributed by atoms with van der Waals surface area (Å²) in [6.07, 6.45) is 0. The van der Waals surface area contributed by atoms with Gasteiger partial charge in [-0.3, -0.25) is 10.1 Å². The third-order valence-corrected chi connectivity index (χ3v) is 5.42. The highest BCUT2D eigenvalue weighted by atomic mass is 32.2. The zero-order valence-electron chi connectivity index (χ0n) is 10.6. The van der Waals surface area contributed by atoms with Gasteiger partial charge in [-0.05, 0) is 17.5 Å². The number of rotatable bonds is 5. The predicted molar refractivity (Wildman–Crippen MR) is 76.1 cm³/mol. The predicted octanol–water partition coefficient (Wildman–Crippen LogP) is 2.48. The molecule has 2 rings (SSSR count). The fraction of sp³-hybridized carbons (Fsp3) is 0.167. The quantitative estimate of drug-likeness (QED) is 0.627. The molecule has 0 amide bonds. The number of para-hydroxylation sites is 1. The average molecular weight is 312 g/mol. The van der Waals surface area contributed by atoms with Crippen molar-refractivity contribution in [3.8, 4) is 0 Å². The van der Waals surface area contributed by atoms with Crippen LogP contribution in [0.25, 0.3) is 0 Å². The minimum Gasteiger partial charge on any atom is -0.258 e. The highest BCUT2D eigenvalue weighted by Crippen LogP contribution is 2.26. The summed E-state index contributed by atoms with van der Waals surface area (Å²) in [5, 5.41) is 12.8. The van der Waals surface area contributed by atoms with Gasteiger partial charge in [0.1, 0.15) is 0 Å². The van der Waals surface area contributed by atoms with Gasteiger partial charge in [-0.15, -0.1) is 11.3 Å². The summed E-state index contributed by atoms with van der Waals surface area (Å²) in [6, 6.07) is 8.99. The van der Waals surface area contributed by atoms with Crippen molar-refractivity contribution in [1.82, 2.24) is 4.31 Å². The van der Waals surface area contributed by atoms with Crippen LogP contribution in [0.15, 0.2) is 46.7 Å². The van der Waals surface area contributed by atoms with Crippen LogP contribution in [0, 0.1) is 10.1 Å². The monoisotopic (exact) mass is 312 g/mol. The molecule has 6 nitrogen and oxygen atoms in total. The molecule has 0 unspecified atom stereocenters. The lowest BCUT2D eigenvalue weighted by molar-refractivity contribution is -0.387. The van der Waals surface area contributed by atoms with E-state index in [1.165, 1.54) is 42.6 Å². The van der Waals surface area contributed by atoms with Crippen LogP contribution in [0.3, 0.4) is 0 Å². The first-order valence-corrected chi connectivity index (χ1v) is 7.97. The van der Waals surface area contributed by atoms with Crippen LogP contribution in [0.1, 0.15) is 4.88 Å². The van der Waals surface area contributed by atoms with Crippen molar-refractivity contribution >= 4 is 27.0 Å². The maximum atomic E-state index is 12.4. The first-order chi connectivity index (χ1) is 9.43. The Morgan fingerprint density at radius 2 is 1.95 bits per heavy atom. The van der Waals surface area contributed by atoms with Gasteiger partial charge in [0.05, 0.1) is 4.92 Å². The Labute approximate surface area is 120 Å². The second-order valence-corrected chi connectivity index (χ2v) is 7.11. The molecule has 0 fully saturated rings. The summed E-state index contributed by atoms with van der Waals surface area (Å²) in [7, 11) is -2.48. The molecule has 0 bridgehead atoms. The lowest BCUT2D eigenvalue weighted by Crippen LogP contribution is -2.26. The largest absolute Gasteiger partial charge is 0.289 e. The van der Waals surface area contributed by atoms with Gasteiger partial charge in [0.25, 0.3) is 5.69 Å². The van der Waals surface area contributed by atoms with Crippen molar-refractivity contribution in [2.45, 2.75) is 11.4 Å². The lowest BCUT2D eigenvalue weighted by atomic mass is 10.3. The Kier molecular flexibility index (Phi) is 4.17. The fourth-order valence-corrected chi connectivity index (χ4v) is 3.84. The smallest absolute Gasteiger partial charge is 0.258 e. The minimum absolute atomic E-state index is 0.187. The fourth-order valence-electron chi connectivity index (χ4n) is 1.70. The van der Waals surface area contributed by atoms with Crippen molar-refractivity contribution in [1.29, 1.82) is 0 Å². The second-order valence-electron chi connectivity index (χ2n) is 4.07. The normalized spacial score (nSPS) is 11.7. The van der Waals surface area contributed by atoms with Crippen molar-refractivity contribution in [2.24, 2.45) is 0 Å². The lowest BCUT2D eigenvalue weighted by Gasteiger charge is -2.16. The molecule has 1 heterocycles. The number of benzene rings is 1. The number of sulfonamides is 1. The summed E-state index contributed by atoms with van der Waals surface area (Å²) in [6.45, 7) is 0.187. The van der Waals surface area contributed by atoms with Crippen molar-refractivity contribution in [3.05, 3.63) is 56.8 Å². The van der Waals surface area contributed by atoms with E-state index in [-0.39, 0.29) is 11.4 Å². The summed E-state index contributed by atoms with van der Waals surface area (Å²) < 4.78 is 25.9. The second kappa shape index (κ2) is 5.70. The van der Waals surface area contributed by atoms with Gasteiger partial charge in [0.2, 0.25) is 10.0 Å². The van der Waals surface area contributed by atoms with E-state index < -0.39 is 20.6 Å². The zero-order chi connectivity index (χ0) is 14.8. The first-order valence-electron chi connectivity index (χ1n) is 5.65. The molecule has 0 aliphatic heterocycles. The van der Waals surface area contributed by atoms with E-state index in [9.17, 15) is 18.5 Å². The van der Waals surface area contributed by atoms with E-state index in [2.05, 4.69) is 0 Å². The van der Waals surface area contributed by atoms with Gasteiger partial charge in [0, 0.05) is 24.5 Å². The number of hydrogen-bond donors (Lipinski definition) is 0. The Morgan fingerprint density at radius 3 is 2.55 bits per heavy atom. The number of nitrogens with zero attached hydrogens (tertiary/aromatic N) is 2. The van der Waals surface area contributed by atoms with Gasteiger partial charge in [0.15, 0.2) is 4.90 Å². The third kappa shape index (κ3) is 2.87. The van der Waals surface area contributed by atoms with Crippen LogP contribution in [0.5, 0.6) is 0 Å². The highest BCUT2D eigenvalue weighted by Gasteiger charge is 2.29. The molecule has 1 aromatic heterocycles. The van der Waals surface area contributed by atoms with E-state index in [4.69, 9.17) is 0 Å². The average Bonchev–Trinajstić information content (AvgIpc) is 2.91. The van der Waals surface area contributed by atoms with Gasteiger partial charge >= 0.3 is 0 Å². The van der Waals surface area contributed by atoms with Crippen LogP contribution in [-0.2, 0) is 16.6 Å². The van der Waals surface area contributed by atoms with Crippen LogP contribution in [0.4, 0.5) is 5.69 Å². The molecule has 20 heavy (non-hydrogen) atoms. The topological polar surface area (TPSA) is 80.5 Å². The van der Waals surface area contributed by atoms with Gasteiger partial charge in [-0.25, -0.2) is 8.42 Å². The maximum Gasteiger partial charge on any atom is 0.289 e. The Balaban J connectivity index is 2.37. The molecule has 0 aliphatic rings. The maximum absolute atomic E-state index is 12.4. The molecule has 2 aromatic rings. The molecule has 0 saturated heterocycles. The Hall–Kier alpha value is -1.77. The molecule has 0 spiro atoms. The molecule has 1 aromatic carbocycles. The first kappa shape index (κ1) is 14.6. The molecule has 0 radical (unpaired) electrons. The molecular weight excluding hydrogens is 300 g/mol. The summed E-state index contributed by atoms with van der Waals surface area (Å²) in [5.41, 5.74) is -0.412. The number of thiophene rings is 1. The van der Waals surface area contributed by atoms with E-state index in [0.29, 0.717) is 0 Å². The number of hydrogen-bond acceptors (Lipinski definition) is 5. The number of nitro benzene ring substituents is 1. The third-order valence-electron chi connectivity index (χ3n) is 2.71. The summed E-state index contributed by atoms with van der Waals surface area (Å²) >= 11 is 1.43. The molecule has 8 heteroatoms. The van der Waals surface area contributed by atoms with Crippen molar-refractivity contribution < 1.29 is 13.3 Å². The van der Waals surface area contributed by atoms with E-state index in [0.717, 1.165) is 9.18 Å². The summed E-state index contributed by atoms with van der Waals surface area (Å²) in [4.78, 5) is 10.8. The minimum atomic E-state index is -3.89. The van der Waals surface area contributed by atoms with Crippen LogP contribution in [0.2, 0.25) is 0 Å². The molecule has 0 atom stereocenters. The Morgan fingerprint density at radius 1 is 1.25 bits per heavy atom. The van der Waals surface area contributed by atoms with Gasteiger partial charge in [-0.2, -0.15) is 4.31 Å². The van der Waals surface area contributed by atoms with E-state index in [1.54, 1.807) is 0 Å². The van der Waals surface area contributed by atoms with E-state index in [1.807, 2.05) is 17.5 Å². The molecule has 0 aliphatic carbocycles. The van der Waals surface area contributed by atoms with Crippen LogP contribution >= 0.6 is 11.3 Å². The highest BCUT2D eigenvalue weighted by molar-refractivity contribution is 7.89. The van der Waals surface area contributed by atoms with Crippen molar-refractivity contribution in [3.63, 3.8) is 0 Å². The van der Waals surface area contributed by atoms with Gasteiger partial charge < -0.3 is 0 Å². The zero-order valence-corrected chi connectivity index (χ0v) is 12.2. The molecule has 106 valence electrons. The molecule has 0 saturated carbocycles. The molecule has 0 N–H and O–H groups in total. The SMILES string of the molecule is CN(Cc1cccs1)S(=O)(=O)c1ccccc1[N+](=O)[O-]. The van der Waals surface area contributed by atoms with Crippen molar-refractivity contribution in [2.75, 3.05) is 7.05 Å². The number of nitro groups is 1. The van der Waals surface area contributed by atoms with E-state index >= 15 is 0 Å². The van der Waals surface area contributed by atoms with Gasteiger partial charge in [-0.1, -0.05) is 18.2 Å². The van der Waals surface area contributed by atoms with Crippen LogP contribution < -0.4 is 0 Å². The molecular formula is C12H12N2O4S2. The Bertz CT molecular complexity index is 711.